The molecule has 4 rings (SSSR count). The monoisotopic (exact) mass is 379 g/mol. The first-order valence-corrected chi connectivity index (χ1v) is 9.18. The molecule has 3 aromatic rings. The average Bonchev–Trinajstić information content (AvgIpc) is 3.07. The first-order chi connectivity index (χ1) is 13.5. The molecule has 2 heterocycles. The lowest BCUT2D eigenvalue weighted by molar-refractivity contribution is 0.0165. The third kappa shape index (κ3) is 3.36. The quantitative estimate of drug-likeness (QED) is 0.723. The number of hydrogen-bond acceptors (Lipinski definition) is 5. The zero-order valence-electron chi connectivity index (χ0n) is 15.4. The second-order valence-electron chi connectivity index (χ2n) is 7.00. The molecule has 28 heavy (non-hydrogen) atoms. The summed E-state index contributed by atoms with van der Waals surface area (Å²) in [5.74, 6) is 0.158. The molecule has 0 radical (unpaired) electrons. The van der Waals surface area contributed by atoms with Crippen molar-refractivity contribution in [3.05, 3.63) is 70.8 Å². The molecule has 0 unspecified atom stereocenters. The highest BCUT2D eigenvalue weighted by Gasteiger charge is 2.40. The third-order valence-corrected chi connectivity index (χ3v) is 5.25. The number of fused-ring (bicyclic) bond motifs is 1. The van der Waals surface area contributed by atoms with Crippen molar-refractivity contribution >= 4 is 16.8 Å². The van der Waals surface area contributed by atoms with E-state index < -0.39 is 29.7 Å². The van der Waals surface area contributed by atoms with Gasteiger partial charge < -0.3 is 19.7 Å². The predicted molar refractivity (Wildman–Crippen MR) is 104 cm³/mol. The molecule has 3 atom stereocenters. The van der Waals surface area contributed by atoms with Crippen molar-refractivity contribution in [3.8, 4) is 5.75 Å². The van der Waals surface area contributed by atoms with E-state index in [-0.39, 0.29) is 5.56 Å². The second kappa shape index (κ2) is 7.44. The molecule has 7 heteroatoms. The Kier molecular flexibility index (Phi) is 4.83. The van der Waals surface area contributed by atoms with Crippen LogP contribution in [-0.2, 0) is 0 Å². The molecule has 1 aliphatic carbocycles. The Morgan fingerprint density at radius 2 is 2.07 bits per heavy atom. The number of ether oxygens (including phenoxy) is 1. The van der Waals surface area contributed by atoms with E-state index in [0.29, 0.717) is 24.1 Å². The lowest BCUT2D eigenvalue weighted by Crippen LogP contribution is -2.46. The van der Waals surface area contributed by atoms with Gasteiger partial charge in [0, 0.05) is 18.8 Å². The summed E-state index contributed by atoms with van der Waals surface area (Å²) in [6, 6.07) is 12.0. The Balaban J connectivity index is 1.53. The van der Waals surface area contributed by atoms with Crippen LogP contribution in [0.15, 0.2) is 59.7 Å². The van der Waals surface area contributed by atoms with Gasteiger partial charge in [0.1, 0.15) is 23.5 Å². The fourth-order valence-corrected chi connectivity index (χ4v) is 3.71. The van der Waals surface area contributed by atoms with E-state index in [2.05, 4.69) is 9.97 Å². The van der Waals surface area contributed by atoms with Crippen LogP contribution >= 0.6 is 0 Å². The predicted octanol–water partition coefficient (Wildman–Crippen LogP) is 1.97. The number of carbonyl (C=O) groups excluding carboxylic acids is 1. The summed E-state index contributed by atoms with van der Waals surface area (Å²) >= 11 is 0. The minimum atomic E-state index is -0.853. The summed E-state index contributed by atoms with van der Waals surface area (Å²) in [6.45, 7) is 0. The standard InChI is InChI=1S/C21H21N3O4/c1-24(17-8-9-18(19(17)25)28-14-6-4-10-22-12-14)21(27)15-11-13-5-2-3-7-16(13)23-20(15)26/h2-7,10-12,17-19,25H,8-9H2,1H3,(H,23,26)/t17-,18-,19-/m1/s1. The van der Waals surface area contributed by atoms with E-state index in [1.165, 1.54) is 4.90 Å². The fraction of sp³-hybridized carbons (Fsp3) is 0.286. The van der Waals surface area contributed by atoms with Gasteiger partial charge in [0.2, 0.25) is 0 Å². The summed E-state index contributed by atoms with van der Waals surface area (Å²) in [5, 5.41) is 11.5. The van der Waals surface area contributed by atoms with E-state index in [0.717, 1.165) is 5.39 Å². The van der Waals surface area contributed by atoms with Gasteiger partial charge in [-0.05, 0) is 42.5 Å². The van der Waals surface area contributed by atoms with Gasteiger partial charge in [-0.1, -0.05) is 18.2 Å². The Labute approximate surface area is 161 Å². The molecule has 2 aromatic heterocycles. The van der Waals surface area contributed by atoms with Crippen LogP contribution in [0.5, 0.6) is 5.75 Å². The molecule has 0 spiro atoms. The Morgan fingerprint density at radius 1 is 1.25 bits per heavy atom. The molecular formula is C21H21N3O4. The van der Waals surface area contributed by atoms with Gasteiger partial charge >= 0.3 is 0 Å². The summed E-state index contributed by atoms with van der Waals surface area (Å²) in [5.41, 5.74) is 0.300. The normalized spacial score (nSPS) is 21.6. The highest BCUT2D eigenvalue weighted by molar-refractivity contribution is 5.97. The van der Waals surface area contributed by atoms with Gasteiger partial charge in [-0.25, -0.2) is 0 Å². The lowest BCUT2D eigenvalue weighted by atomic mass is 10.1. The molecular weight excluding hydrogens is 358 g/mol. The highest BCUT2D eigenvalue weighted by Crippen LogP contribution is 2.28. The van der Waals surface area contributed by atoms with Crippen LogP contribution in [-0.4, -0.2) is 51.2 Å². The van der Waals surface area contributed by atoms with Gasteiger partial charge in [-0.3, -0.25) is 14.6 Å². The maximum atomic E-state index is 13.0. The molecule has 1 aromatic carbocycles. The summed E-state index contributed by atoms with van der Waals surface area (Å²) < 4.78 is 5.82. The molecule has 1 saturated carbocycles. The maximum Gasteiger partial charge on any atom is 0.261 e. The number of nitrogens with zero attached hydrogens (tertiary/aromatic N) is 2. The summed E-state index contributed by atoms with van der Waals surface area (Å²) in [4.78, 5) is 33.5. The van der Waals surface area contributed by atoms with Gasteiger partial charge in [-0.2, -0.15) is 0 Å². The molecule has 1 aliphatic rings. The van der Waals surface area contributed by atoms with Crippen LogP contribution in [0.1, 0.15) is 23.2 Å². The van der Waals surface area contributed by atoms with Crippen LogP contribution in [0.25, 0.3) is 10.9 Å². The zero-order chi connectivity index (χ0) is 19.7. The molecule has 1 amide bonds. The summed E-state index contributed by atoms with van der Waals surface area (Å²) in [7, 11) is 1.61. The molecule has 0 aliphatic heterocycles. The van der Waals surface area contributed by atoms with Crippen molar-refractivity contribution < 1.29 is 14.6 Å². The molecule has 0 saturated heterocycles. The van der Waals surface area contributed by atoms with Crippen LogP contribution in [0.2, 0.25) is 0 Å². The van der Waals surface area contributed by atoms with Gasteiger partial charge in [-0.15, -0.1) is 0 Å². The number of hydrogen-bond donors (Lipinski definition) is 2. The number of aliphatic hydroxyl groups is 1. The SMILES string of the molecule is CN(C(=O)c1cc2ccccc2[nH]c1=O)[C@@H]1CC[C@@H](Oc2cccnc2)[C@@H]1O. The van der Waals surface area contributed by atoms with E-state index in [9.17, 15) is 14.7 Å². The highest BCUT2D eigenvalue weighted by atomic mass is 16.5. The van der Waals surface area contributed by atoms with E-state index in [1.54, 1.807) is 43.7 Å². The minimum Gasteiger partial charge on any atom is -0.486 e. The first kappa shape index (κ1) is 18.2. The molecule has 0 bridgehead atoms. The Morgan fingerprint density at radius 3 is 2.86 bits per heavy atom. The number of nitrogens with one attached hydrogen (secondary N) is 1. The molecule has 7 nitrogen and oxygen atoms in total. The third-order valence-electron chi connectivity index (χ3n) is 5.25. The smallest absolute Gasteiger partial charge is 0.261 e. The van der Waals surface area contributed by atoms with Crippen molar-refractivity contribution in [3.63, 3.8) is 0 Å². The number of aromatic nitrogens is 2. The van der Waals surface area contributed by atoms with Crippen LogP contribution in [0.3, 0.4) is 0 Å². The minimum absolute atomic E-state index is 0.0602. The lowest BCUT2D eigenvalue weighted by Gasteiger charge is -2.28. The maximum absolute atomic E-state index is 13.0. The number of aromatic amines is 1. The Hall–Kier alpha value is -3.19. The fourth-order valence-electron chi connectivity index (χ4n) is 3.71. The van der Waals surface area contributed by atoms with Gasteiger partial charge in [0.15, 0.2) is 0 Å². The molecule has 144 valence electrons. The first-order valence-electron chi connectivity index (χ1n) is 9.18. The summed E-state index contributed by atoms with van der Waals surface area (Å²) in [6.07, 6.45) is 3.14. The number of amides is 1. The van der Waals surface area contributed by atoms with E-state index in [4.69, 9.17) is 4.74 Å². The number of para-hydroxylation sites is 1. The Bertz CT molecular complexity index is 1050. The number of H-pyrrole nitrogens is 1. The number of benzene rings is 1. The largest absolute Gasteiger partial charge is 0.486 e. The van der Waals surface area contributed by atoms with Crippen LogP contribution < -0.4 is 10.3 Å². The number of likely N-dealkylation sites (N-methyl/N-ethyl adjacent to an activating group) is 1. The molecule has 1 fully saturated rings. The van der Waals surface area contributed by atoms with Gasteiger partial charge in [0.05, 0.1) is 12.2 Å². The molecule has 2 N–H and O–H groups in total. The van der Waals surface area contributed by atoms with Crippen molar-refractivity contribution in [1.82, 2.24) is 14.9 Å². The number of aliphatic hydroxyl groups excluding tert-OH is 1. The zero-order valence-corrected chi connectivity index (χ0v) is 15.4. The van der Waals surface area contributed by atoms with Crippen molar-refractivity contribution in [2.75, 3.05) is 7.05 Å². The van der Waals surface area contributed by atoms with Crippen molar-refractivity contribution in [1.29, 1.82) is 0 Å². The second-order valence-corrected chi connectivity index (χ2v) is 7.00. The number of rotatable bonds is 4. The van der Waals surface area contributed by atoms with Crippen LogP contribution in [0.4, 0.5) is 0 Å². The van der Waals surface area contributed by atoms with E-state index >= 15 is 0 Å². The number of carbonyl (C=O) groups is 1. The topological polar surface area (TPSA) is 95.5 Å². The van der Waals surface area contributed by atoms with Gasteiger partial charge in [0.25, 0.3) is 11.5 Å². The number of pyridine rings is 2. The van der Waals surface area contributed by atoms with Crippen LogP contribution in [0, 0.1) is 0 Å². The van der Waals surface area contributed by atoms with Crippen molar-refractivity contribution in [2.45, 2.75) is 31.1 Å². The van der Waals surface area contributed by atoms with E-state index in [1.807, 2.05) is 18.2 Å². The average molecular weight is 379 g/mol. The van der Waals surface area contributed by atoms with Crippen molar-refractivity contribution in [2.24, 2.45) is 0 Å².